The number of carbonyl (C=O) groups is 2. The number of nitrogens with one attached hydrogen (secondary N) is 1. The average molecular weight is 334 g/mol. The van der Waals surface area contributed by atoms with Crippen LogP contribution < -0.4 is 5.32 Å². The summed E-state index contributed by atoms with van der Waals surface area (Å²) < 4.78 is 0. The number of rotatable bonds is 6. The first-order chi connectivity index (χ1) is 10.5. The number of anilines is 1. The average Bonchev–Trinajstić information content (AvgIpc) is 3.13. The van der Waals surface area contributed by atoms with Crippen molar-refractivity contribution < 1.29 is 9.59 Å². The molecule has 22 heavy (non-hydrogen) atoms. The molecule has 1 fully saturated rings. The highest BCUT2D eigenvalue weighted by molar-refractivity contribution is 7.14. The number of hydrogen-bond acceptors (Lipinski definition) is 5. The number of amides is 1. The summed E-state index contributed by atoms with van der Waals surface area (Å²) in [6, 6.07) is 1.91. The second-order valence-corrected chi connectivity index (χ2v) is 7.97. The van der Waals surface area contributed by atoms with Gasteiger partial charge in [-0.3, -0.25) is 9.59 Å². The number of hydrogen-bond donors (Lipinski definition) is 1. The molecular formula is C16H18N2O2S2. The van der Waals surface area contributed by atoms with Crippen LogP contribution in [0.4, 0.5) is 5.13 Å². The molecule has 0 bridgehead atoms. The van der Waals surface area contributed by atoms with Gasteiger partial charge in [0.15, 0.2) is 10.9 Å². The molecule has 0 aliphatic heterocycles. The third-order valence-electron chi connectivity index (χ3n) is 3.68. The third-order valence-corrected chi connectivity index (χ3v) is 5.43. The highest BCUT2D eigenvalue weighted by Gasteiger charge is 2.26. The summed E-state index contributed by atoms with van der Waals surface area (Å²) in [4.78, 5) is 30.7. The molecule has 0 saturated heterocycles. The van der Waals surface area contributed by atoms with Gasteiger partial charge in [-0.05, 0) is 32.8 Å². The lowest BCUT2D eigenvalue weighted by Crippen LogP contribution is -2.13. The van der Waals surface area contributed by atoms with Crippen LogP contribution in [0.5, 0.6) is 0 Å². The predicted octanol–water partition coefficient (Wildman–Crippen LogP) is 4.30. The normalized spacial score (nSPS) is 14.1. The third kappa shape index (κ3) is 3.62. The van der Waals surface area contributed by atoms with Gasteiger partial charge < -0.3 is 5.32 Å². The lowest BCUT2D eigenvalue weighted by atomic mass is 10.1. The van der Waals surface area contributed by atoms with Gasteiger partial charge in [-0.1, -0.05) is 0 Å². The Balaban J connectivity index is 1.51. The summed E-state index contributed by atoms with van der Waals surface area (Å²) in [5.74, 6) is 0.484. The van der Waals surface area contributed by atoms with Crippen LogP contribution in [0.3, 0.4) is 0 Å². The van der Waals surface area contributed by atoms with Crippen molar-refractivity contribution in [3.63, 3.8) is 0 Å². The second-order valence-electron chi connectivity index (χ2n) is 5.65. The van der Waals surface area contributed by atoms with E-state index in [9.17, 15) is 9.59 Å². The van der Waals surface area contributed by atoms with Crippen molar-refractivity contribution in [2.45, 2.75) is 45.4 Å². The zero-order chi connectivity index (χ0) is 15.7. The molecule has 1 aliphatic rings. The molecule has 2 aromatic heterocycles. The molecule has 2 aromatic rings. The highest BCUT2D eigenvalue weighted by Crippen LogP contribution is 2.40. The summed E-state index contributed by atoms with van der Waals surface area (Å²) in [7, 11) is 0. The van der Waals surface area contributed by atoms with Crippen LogP contribution in [-0.2, 0) is 4.79 Å². The van der Waals surface area contributed by atoms with E-state index in [0.29, 0.717) is 11.0 Å². The van der Waals surface area contributed by atoms with E-state index in [1.165, 1.54) is 24.2 Å². The van der Waals surface area contributed by atoms with Gasteiger partial charge in [0.2, 0.25) is 5.91 Å². The Morgan fingerprint density at radius 2 is 2.09 bits per heavy atom. The van der Waals surface area contributed by atoms with E-state index in [4.69, 9.17) is 0 Å². The maximum atomic E-state index is 12.2. The fraction of sp³-hybridized carbons (Fsp3) is 0.438. The number of ketones is 1. The van der Waals surface area contributed by atoms with Crippen LogP contribution in [0.2, 0.25) is 0 Å². The first kappa shape index (κ1) is 15.4. The van der Waals surface area contributed by atoms with Gasteiger partial charge in [-0.2, -0.15) is 0 Å². The molecule has 0 radical (unpaired) electrons. The van der Waals surface area contributed by atoms with Crippen molar-refractivity contribution in [1.82, 2.24) is 4.98 Å². The summed E-state index contributed by atoms with van der Waals surface area (Å²) >= 11 is 3.07. The van der Waals surface area contributed by atoms with Crippen LogP contribution in [0, 0.1) is 13.8 Å². The Labute approximate surface area is 137 Å². The highest BCUT2D eigenvalue weighted by atomic mass is 32.1. The number of thiophene rings is 1. The minimum atomic E-state index is -0.144. The van der Waals surface area contributed by atoms with E-state index in [1.807, 2.05) is 25.3 Å². The molecule has 1 amide bonds. The molecule has 0 spiro atoms. The molecule has 1 N–H and O–H groups in total. The van der Waals surface area contributed by atoms with Gasteiger partial charge in [0.05, 0.1) is 5.69 Å². The van der Waals surface area contributed by atoms with Crippen molar-refractivity contribution in [3.8, 4) is 0 Å². The van der Waals surface area contributed by atoms with Crippen molar-refractivity contribution in [3.05, 3.63) is 32.5 Å². The Hall–Kier alpha value is -1.53. The summed E-state index contributed by atoms with van der Waals surface area (Å²) in [5.41, 5.74) is 1.83. The van der Waals surface area contributed by atoms with Crippen molar-refractivity contribution in [2.24, 2.45) is 0 Å². The van der Waals surface area contributed by atoms with Gasteiger partial charge in [0.1, 0.15) is 0 Å². The first-order valence-electron chi connectivity index (χ1n) is 7.38. The minimum Gasteiger partial charge on any atom is -0.302 e. The molecule has 0 atom stereocenters. The number of aryl methyl sites for hydroxylation is 2. The predicted molar refractivity (Wildman–Crippen MR) is 90.1 cm³/mol. The van der Waals surface area contributed by atoms with Gasteiger partial charge >= 0.3 is 0 Å². The van der Waals surface area contributed by atoms with Gasteiger partial charge in [0, 0.05) is 39.5 Å². The molecular weight excluding hydrogens is 316 g/mol. The van der Waals surface area contributed by atoms with Gasteiger partial charge in [-0.15, -0.1) is 22.7 Å². The Morgan fingerprint density at radius 1 is 1.32 bits per heavy atom. The zero-order valence-electron chi connectivity index (χ0n) is 12.6. The molecule has 116 valence electrons. The number of nitrogens with zero attached hydrogens (tertiary/aromatic N) is 1. The first-order valence-corrected chi connectivity index (χ1v) is 9.08. The fourth-order valence-electron chi connectivity index (χ4n) is 2.36. The molecule has 4 nitrogen and oxygen atoms in total. The van der Waals surface area contributed by atoms with Crippen LogP contribution in [0.25, 0.3) is 0 Å². The van der Waals surface area contributed by atoms with Crippen molar-refractivity contribution in [2.75, 3.05) is 5.32 Å². The summed E-state index contributed by atoms with van der Waals surface area (Å²) in [6.45, 7) is 3.93. The summed E-state index contributed by atoms with van der Waals surface area (Å²) in [5, 5.41) is 5.44. The molecule has 0 unspecified atom stereocenters. The standard InChI is InChI=1S/C16H18N2O2S2/c1-9-7-12(10(2)22-9)14(19)5-6-15(20)18-16-17-13(8-21-16)11-3-4-11/h7-8,11H,3-6H2,1-2H3,(H,17,18,20). The number of aromatic nitrogens is 1. The van der Waals surface area contributed by atoms with Crippen LogP contribution in [0.1, 0.15) is 57.4 Å². The maximum absolute atomic E-state index is 12.2. The molecule has 0 aromatic carbocycles. The van der Waals surface area contributed by atoms with E-state index in [1.54, 1.807) is 11.3 Å². The zero-order valence-corrected chi connectivity index (χ0v) is 14.3. The van der Waals surface area contributed by atoms with Crippen molar-refractivity contribution >= 4 is 39.5 Å². The van der Waals surface area contributed by atoms with E-state index in [0.717, 1.165) is 21.0 Å². The van der Waals surface area contributed by atoms with Crippen LogP contribution in [-0.4, -0.2) is 16.7 Å². The largest absolute Gasteiger partial charge is 0.302 e. The molecule has 3 rings (SSSR count). The minimum absolute atomic E-state index is 0.0369. The quantitative estimate of drug-likeness (QED) is 0.801. The van der Waals surface area contributed by atoms with E-state index in [2.05, 4.69) is 10.3 Å². The lowest BCUT2D eigenvalue weighted by molar-refractivity contribution is -0.116. The van der Waals surface area contributed by atoms with E-state index < -0.39 is 0 Å². The van der Waals surface area contributed by atoms with E-state index >= 15 is 0 Å². The van der Waals surface area contributed by atoms with Crippen LogP contribution >= 0.6 is 22.7 Å². The molecule has 6 heteroatoms. The maximum Gasteiger partial charge on any atom is 0.226 e. The van der Waals surface area contributed by atoms with Crippen LogP contribution in [0.15, 0.2) is 11.4 Å². The monoisotopic (exact) mass is 334 g/mol. The number of carbonyl (C=O) groups excluding carboxylic acids is 2. The SMILES string of the molecule is Cc1cc(C(=O)CCC(=O)Nc2nc(C3CC3)cs2)c(C)s1. The Bertz CT molecular complexity index is 714. The van der Waals surface area contributed by atoms with Gasteiger partial charge in [0.25, 0.3) is 0 Å². The number of thiazole rings is 1. The molecule has 1 aliphatic carbocycles. The molecule has 2 heterocycles. The lowest BCUT2D eigenvalue weighted by Gasteiger charge is -2.01. The van der Waals surface area contributed by atoms with Crippen molar-refractivity contribution in [1.29, 1.82) is 0 Å². The number of Topliss-reactive ketones (excluding diaryl/α,β-unsaturated/α-hetero) is 1. The Morgan fingerprint density at radius 3 is 2.73 bits per heavy atom. The smallest absolute Gasteiger partial charge is 0.226 e. The Kier molecular flexibility index (Phi) is 4.40. The second kappa shape index (κ2) is 6.30. The molecule has 1 saturated carbocycles. The topological polar surface area (TPSA) is 59.1 Å². The summed E-state index contributed by atoms with van der Waals surface area (Å²) in [6.07, 6.45) is 2.84. The van der Waals surface area contributed by atoms with E-state index in [-0.39, 0.29) is 24.5 Å². The fourth-order valence-corrected chi connectivity index (χ4v) is 4.11. The van der Waals surface area contributed by atoms with Gasteiger partial charge in [-0.25, -0.2) is 4.98 Å².